The van der Waals surface area contributed by atoms with Crippen LogP contribution in [0.15, 0.2) is 33.9 Å². The number of para-hydroxylation sites is 2. The molecule has 1 N–H and O–H groups in total. The Hall–Kier alpha value is -2.39. The fourth-order valence-electron chi connectivity index (χ4n) is 2.63. The number of ether oxygens (including phenoxy) is 1. The lowest BCUT2D eigenvalue weighted by Gasteiger charge is -2.18. The zero-order valence-corrected chi connectivity index (χ0v) is 18.0. The summed E-state index contributed by atoms with van der Waals surface area (Å²) in [6, 6.07) is 7.31. The van der Waals surface area contributed by atoms with E-state index in [2.05, 4.69) is 20.5 Å². The Morgan fingerprint density at radius 3 is 2.64 bits per heavy atom. The largest absolute Gasteiger partial charge is 0.495 e. The summed E-state index contributed by atoms with van der Waals surface area (Å²) < 4.78 is 11.1. The summed E-state index contributed by atoms with van der Waals surface area (Å²) in [6.45, 7) is 7.80. The second kappa shape index (κ2) is 8.74. The van der Waals surface area contributed by atoms with E-state index >= 15 is 0 Å². The Bertz CT molecular complexity index is 968. The fraction of sp³-hybridized carbons (Fsp3) is 0.368. The standard InChI is InChI=1S/C19H22N4O3S2/c1-10(2)15(17(24)21-13-8-6-7-9-14(13)25-5)28-19-23-22-18(26-19)16-11(3)20-12(4)27-16/h6-10,15H,1-5H3,(H,21,24). The van der Waals surface area contributed by atoms with Crippen LogP contribution < -0.4 is 10.1 Å². The van der Waals surface area contributed by atoms with Crippen molar-refractivity contribution in [2.45, 2.75) is 38.2 Å². The number of anilines is 1. The number of nitrogens with one attached hydrogen (secondary N) is 1. The molecule has 9 heteroatoms. The molecule has 0 spiro atoms. The lowest BCUT2D eigenvalue weighted by atomic mass is 10.1. The third-order valence-corrected chi connectivity index (χ3v) is 6.40. The molecular weight excluding hydrogens is 396 g/mol. The summed E-state index contributed by atoms with van der Waals surface area (Å²) in [5.74, 6) is 0.953. The van der Waals surface area contributed by atoms with Crippen LogP contribution in [0.5, 0.6) is 5.75 Å². The van der Waals surface area contributed by atoms with E-state index in [1.165, 1.54) is 23.1 Å². The second-order valence-electron chi connectivity index (χ2n) is 6.49. The van der Waals surface area contributed by atoms with Crippen molar-refractivity contribution in [3.05, 3.63) is 35.0 Å². The van der Waals surface area contributed by atoms with Crippen LogP contribution >= 0.6 is 23.1 Å². The number of methoxy groups -OCH3 is 1. The first-order valence-corrected chi connectivity index (χ1v) is 10.5. The van der Waals surface area contributed by atoms with Crippen LogP contribution in [-0.2, 0) is 4.79 Å². The van der Waals surface area contributed by atoms with Crippen LogP contribution in [0.4, 0.5) is 5.69 Å². The van der Waals surface area contributed by atoms with Crippen molar-refractivity contribution in [3.63, 3.8) is 0 Å². The first-order valence-electron chi connectivity index (χ1n) is 8.77. The molecule has 0 saturated carbocycles. The van der Waals surface area contributed by atoms with Gasteiger partial charge in [0, 0.05) is 0 Å². The molecule has 7 nitrogen and oxygen atoms in total. The van der Waals surface area contributed by atoms with Gasteiger partial charge < -0.3 is 14.5 Å². The summed E-state index contributed by atoms with van der Waals surface area (Å²) >= 11 is 2.77. The maximum Gasteiger partial charge on any atom is 0.277 e. The minimum absolute atomic E-state index is 0.0578. The van der Waals surface area contributed by atoms with Gasteiger partial charge in [0.05, 0.1) is 28.7 Å². The Kier molecular flexibility index (Phi) is 6.35. The first-order chi connectivity index (χ1) is 13.4. The van der Waals surface area contributed by atoms with Crippen LogP contribution in [0.25, 0.3) is 10.8 Å². The molecular formula is C19H22N4O3S2. The number of thioether (sulfide) groups is 1. The number of thiazole rings is 1. The molecule has 3 rings (SSSR count). The summed E-state index contributed by atoms with van der Waals surface area (Å²) in [5, 5.41) is 12.1. The van der Waals surface area contributed by atoms with Gasteiger partial charge >= 0.3 is 0 Å². The van der Waals surface area contributed by atoms with Crippen LogP contribution in [0.2, 0.25) is 0 Å². The van der Waals surface area contributed by atoms with Gasteiger partial charge in [-0.15, -0.1) is 21.5 Å². The molecule has 0 aliphatic rings. The number of amides is 1. The van der Waals surface area contributed by atoms with E-state index in [9.17, 15) is 4.79 Å². The van der Waals surface area contributed by atoms with Gasteiger partial charge in [0.25, 0.3) is 11.1 Å². The maximum absolute atomic E-state index is 12.9. The molecule has 2 aromatic heterocycles. The van der Waals surface area contributed by atoms with Crippen LogP contribution in [-0.4, -0.2) is 33.4 Å². The molecule has 3 aromatic rings. The normalized spacial score (nSPS) is 12.2. The SMILES string of the molecule is COc1ccccc1NC(=O)C(Sc1nnc(-c2sc(C)nc2C)o1)C(C)C. The highest BCUT2D eigenvalue weighted by molar-refractivity contribution is 8.00. The van der Waals surface area contributed by atoms with Gasteiger partial charge in [-0.25, -0.2) is 4.98 Å². The number of carbonyl (C=O) groups is 1. The minimum atomic E-state index is -0.400. The molecule has 0 bridgehead atoms. The van der Waals surface area contributed by atoms with Gasteiger partial charge in [-0.2, -0.15) is 0 Å². The quantitative estimate of drug-likeness (QED) is 0.562. The first kappa shape index (κ1) is 20.3. The van der Waals surface area contributed by atoms with Gasteiger partial charge in [0.15, 0.2) is 0 Å². The molecule has 28 heavy (non-hydrogen) atoms. The smallest absolute Gasteiger partial charge is 0.277 e. The molecule has 0 aliphatic heterocycles. The van der Waals surface area contributed by atoms with E-state index < -0.39 is 5.25 Å². The van der Waals surface area contributed by atoms with Crippen molar-refractivity contribution in [3.8, 4) is 16.5 Å². The number of aryl methyl sites for hydroxylation is 2. The molecule has 1 aromatic carbocycles. The summed E-state index contributed by atoms with van der Waals surface area (Å²) in [5.41, 5.74) is 1.49. The Morgan fingerprint density at radius 2 is 2.00 bits per heavy atom. The molecule has 0 aliphatic carbocycles. The molecule has 1 unspecified atom stereocenters. The number of benzene rings is 1. The second-order valence-corrected chi connectivity index (χ2v) is 8.79. The zero-order valence-electron chi connectivity index (χ0n) is 16.3. The zero-order chi connectivity index (χ0) is 20.3. The van der Waals surface area contributed by atoms with E-state index in [4.69, 9.17) is 9.15 Å². The van der Waals surface area contributed by atoms with Crippen LogP contribution in [0.1, 0.15) is 24.5 Å². The Balaban J connectivity index is 1.76. The van der Waals surface area contributed by atoms with Gasteiger partial charge in [0.1, 0.15) is 10.6 Å². The molecule has 2 heterocycles. The molecule has 148 valence electrons. The van der Waals surface area contributed by atoms with E-state index in [0.717, 1.165) is 15.6 Å². The molecule has 1 atom stereocenters. The van der Waals surface area contributed by atoms with Crippen molar-refractivity contribution in [2.24, 2.45) is 5.92 Å². The molecule has 1 amide bonds. The van der Waals surface area contributed by atoms with Gasteiger partial charge in [0.2, 0.25) is 5.91 Å². The molecule has 0 radical (unpaired) electrons. The third kappa shape index (κ3) is 4.53. The average Bonchev–Trinajstić information content (AvgIpc) is 3.25. The number of hydrogen-bond donors (Lipinski definition) is 1. The number of hydrogen-bond acceptors (Lipinski definition) is 8. The Morgan fingerprint density at radius 1 is 1.25 bits per heavy atom. The number of nitrogens with zero attached hydrogens (tertiary/aromatic N) is 3. The fourth-order valence-corrected chi connectivity index (χ4v) is 4.34. The predicted octanol–water partition coefficient (Wildman–Crippen LogP) is 4.57. The number of rotatable bonds is 7. The highest BCUT2D eigenvalue weighted by atomic mass is 32.2. The number of carbonyl (C=O) groups excluding carboxylic acids is 1. The van der Waals surface area contributed by atoms with Crippen molar-refractivity contribution in [1.29, 1.82) is 0 Å². The highest BCUT2D eigenvalue weighted by Gasteiger charge is 2.27. The van der Waals surface area contributed by atoms with Crippen LogP contribution in [0.3, 0.4) is 0 Å². The minimum Gasteiger partial charge on any atom is -0.495 e. The van der Waals surface area contributed by atoms with Crippen molar-refractivity contribution in [2.75, 3.05) is 12.4 Å². The molecule has 0 fully saturated rings. The van der Waals surface area contributed by atoms with Crippen LogP contribution in [0, 0.1) is 19.8 Å². The summed E-state index contributed by atoms with van der Waals surface area (Å²) in [4.78, 5) is 18.1. The van der Waals surface area contributed by atoms with E-state index in [0.29, 0.717) is 22.6 Å². The summed E-state index contributed by atoms with van der Waals surface area (Å²) in [7, 11) is 1.57. The lowest BCUT2D eigenvalue weighted by Crippen LogP contribution is -2.29. The topological polar surface area (TPSA) is 90.1 Å². The predicted molar refractivity (Wildman–Crippen MR) is 111 cm³/mol. The van der Waals surface area contributed by atoms with Crippen molar-refractivity contribution in [1.82, 2.24) is 15.2 Å². The van der Waals surface area contributed by atoms with E-state index in [1.54, 1.807) is 19.2 Å². The third-order valence-electron chi connectivity index (χ3n) is 3.96. The maximum atomic E-state index is 12.9. The van der Waals surface area contributed by atoms with Crippen molar-refractivity contribution >= 4 is 34.7 Å². The van der Waals surface area contributed by atoms with Gasteiger partial charge in [-0.3, -0.25) is 4.79 Å². The Labute approximate surface area is 171 Å². The summed E-state index contributed by atoms with van der Waals surface area (Å²) in [6.07, 6.45) is 0. The average molecular weight is 419 g/mol. The lowest BCUT2D eigenvalue weighted by molar-refractivity contribution is -0.116. The highest BCUT2D eigenvalue weighted by Crippen LogP contribution is 2.34. The number of aromatic nitrogens is 3. The van der Waals surface area contributed by atoms with Gasteiger partial charge in [-0.1, -0.05) is 37.7 Å². The van der Waals surface area contributed by atoms with E-state index in [1.807, 2.05) is 39.8 Å². The molecule has 0 saturated heterocycles. The monoisotopic (exact) mass is 418 g/mol. The van der Waals surface area contributed by atoms with Gasteiger partial charge in [-0.05, 0) is 31.9 Å². The van der Waals surface area contributed by atoms with Crippen molar-refractivity contribution < 1.29 is 13.9 Å². The van der Waals surface area contributed by atoms with E-state index in [-0.39, 0.29) is 11.8 Å².